The summed E-state index contributed by atoms with van der Waals surface area (Å²) in [6, 6.07) is 23.7. The van der Waals surface area contributed by atoms with E-state index in [9.17, 15) is 0 Å². The Hall–Kier alpha value is -2.62. The van der Waals surface area contributed by atoms with Crippen LogP contribution in [0.5, 0.6) is 0 Å². The van der Waals surface area contributed by atoms with Crippen molar-refractivity contribution in [3.8, 4) is 0 Å². The summed E-state index contributed by atoms with van der Waals surface area (Å²) in [4.78, 5) is 2.25. The van der Waals surface area contributed by atoms with E-state index in [0.29, 0.717) is 0 Å². The van der Waals surface area contributed by atoms with Crippen molar-refractivity contribution in [2.24, 2.45) is 0 Å². The van der Waals surface area contributed by atoms with E-state index in [1.165, 1.54) is 33.2 Å². The van der Waals surface area contributed by atoms with Crippen LogP contribution in [0.2, 0.25) is 0 Å². The fourth-order valence-electron chi connectivity index (χ4n) is 4.32. The number of hydrogen-bond acceptors (Lipinski definition) is 2. The highest BCUT2D eigenvalue weighted by atomic mass is 79.9. The zero-order valence-electron chi connectivity index (χ0n) is 15.8. The number of ether oxygens (including phenoxy) is 1. The molecule has 3 heteroatoms. The predicted molar refractivity (Wildman–Crippen MR) is 121 cm³/mol. The van der Waals surface area contributed by atoms with Gasteiger partial charge in [0.05, 0.1) is 0 Å². The van der Waals surface area contributed by atoms with Gasteiger partial charge < -0.3 is 9.64 Å². The molecule has 0 aromatic heterocycles. The molecule has 3 aromatic carbocycles. The molecule has 5 rings (SSSR count). The van der Waals surface area contributed by atoms with Gasteiger partial charge in [-0.3, -0.25) is 0 Å². The maximum atomic E-state index is 5.98. The van der Waals surface area contributed by atoms with Gasteiger partial charge in [-0.15, -0.1) is 0 Å². The van der Waals surface area contributed by atoms with Gasteiger partial charge in [0.2, 0.25) is 0 Å². The molecule has 2 nitrogen and oxygen atoms in total. The molecule has 0 radical (unpaired) electrons. The Morgan fingerprint density at radius 1 is 0.893 bits per heavy atom. The third kappa shape index (κ3) is 2.43. The smallest absolute Gasteiger partial charge is 0.169 e. The number of allylic oxidation sites excluding steroid dienone is 2. The van der Waals surface area contributed by atoms with Crippen molar-refractivity contribution in [1.82, 2.24) is 0 Å². The lowest BCUT2D eigenvalue weighted by atomic mass is 9.81. The lowest BCUT2D eigenvalue weighted by Gasteiger charge is -2.41. The quantitative estimate of drug-likeness (QED) is 0.444. The molecule has 28 heavy (non-hydrogen) atoms. The maximum Gasteiger partial charge on any atom is 0.169 e. The second-order valence-electron chi connectivity index (χ2n) is 7.11. The Labute approximate surface area is 173 Å². The summed E-state index contributed by atoms with van der Waals surface area (Å²) in [5.41, 5.74) is 7.11. The van der Waals surface area contributed by atoms with Crippen LogP contribution in [0.15, 0.2) is 96.2 Å². The van der Waals surface area contributed by atoms with Crippen LogP contribution >= 0.6 is 15.9 Å². The first-order valence-electron chi connectivity index (χ1n) is 9.34. The molecule has 1 heterocycles. The van der Waals surface area contributed by atoms with Crippen LogP contribution in [0.25, 0.3) is 16.3 Å². The molecular weight excluding hydrogens is 410 g/mol. The van der Waals surface area contributed by atoms with Crippen molar-refractivity contribution in [2.75, 3.05) is 19.1 Å². The lowest BCUT2D eigenvalue weighted by molar-refractivity contribution is 0.147. The van der Waals surface area contributed by atoms with E-state index in [4.69, 9.17) is 4.74 Å². The van der Waals surface area contributed by atoms with E-state index in [-0.39, 0.29) is 0 Å². The van der Waals surface area contributed by atoms with Crippen LogP contribution in [-0.4, -0.2) is 18.7 Å². The number of fused-ring (bicyclic) bond motifs is 3. The molecule has 0 fully saturated rings. The zero-order chi connectivity index (χ0) is 19.3. The number of benzene rings is 3. The Balaban J connectivity index is 1.95. The maximum absolute atomic E-state index is 5.98. The van der Waals surface area contributed by atoms with Gasteiger partial charge in [-0.2, -0.15) is 0 Å². The zero-order valence-corrected chi connectivity index (χ0v) is 17.4. The van der Waals surface area contributed by atoms with Crippen LogP contribution in [0.1, 0.15) is 11.1 Å². The highest BCUT2D eigenvalue weighted by molar-refractivity contribution is 9.10. The molecule has 0 N–H and O–H groups in total. The van der Waals surface area contributed by atoms with Gasteiger partial charge in [-0.05, 0) is 50.5 Å². The van der Waals surface area contributed by atoms with Crippen molar-refractivity contribution >= 4 is 38.0 Å². The molecule has 0 bridgehead atoms. The van der Waals surface area contributed by atoms with Crippen molar-refractivity contribution in [2.45, 2.75) is 4.51 Å². The van der Waals surface area contributed by atoms with E-state index in [1.54, 1.807) is 7.11 Å². The number of hydrogen-bond donors (Lipinski definition) is 0. The molecule has 1 aliphatic carbocycles. The third-order valence-corrected chi connectivity index (χ3v) is 6.65. The van der Waals surface area contributed by atoms with Crippen molar-refractivity contribution in [3.63, 3.8) is 0 Å². The largest absolute Gasteiger partial charge is 0.359 e. The summed E-state index contributed by atoms with van der Waals surface area (Å²) >= 11 is 3.88. The minimum Gasteiger partial charge on any atom is -0.359 e. The lowest BCUT2D eigenvalue weighted by Crippen LogP contribution is -2.36. The number of alkyl halides is 1. The fourth-order valence-corrected chi connectivity index (χ4v) is 4.87. The summed E-state index contributed by atoms with van der Waals surface area (Å²) in [5, 5.41) is 2.48. The monoisotopic (exact) mass is 429 g/mol. The molecular formula is C25H20BrNO. The first kappa shape index (κ1) is 17.5. The molecule has 1 atom stereocenters. The first-order chi connectivity index (χ1) is 13.6. The molecule has 138 valence electrons. The summed E-state index contributed by atoms with van der Waals surface area (Å²) < 4.78 is 5.30. The van der Waals surface area contributed by atoms with Gasteiger partial charge >= 0.3 is 0 Å². The molecule has 2 aliphatic rings. The number of para-hydroxylation sites is 1. The number of halogens is 1. The summed E-state index contributed by atoms with van der Waals surface area (Å²) in [5.74, 6) is 0. The summed E-state index contributed by atoms with van der Waals surface area (Å²) in [6.45, 7) is 0. The standard InChI is InChI=1S/C25H20BrNO/c1-27-21-14-6-5-12-20(21)23(24-22(27)15-8-16-25(24,26)28-2)19-13-7-10-17-9-3-4-11-18(17)19/h3-16H,1-2H3. The van der Waals surface area contributed by atoms with Crippen LogP contribution in [0, 0.1) is 0 Å². The minimum atomic E-state index is -0.675. The highest BCUT2D eigenvalue weighted by Crippen LogP contribution is 2.51. The van der Waals surface area contributed by atoms with Crippen LogP contribution < -0.4 is 4.90 Å². The molecule has 0 saturated carbocycles. The van der Waals surface area contributed by atoms with E-state index in [1.807, 2.05) is 0 Å². The fraction of sp³-hybridized carbons (Fsp3) is 0.120. The Kier molecular flexibility index (Phi) is 4.04. The van der Waals surface area contributed by atoms with Gasteiger partial charge in [-0.1, -0.05) is 66.7 Å². The number of rotatable bonds is 2. The summed E-state index contributed by atoms with van der Waals surface area (Å²) in [6.07, 6.45) is 6.29. The average Bonchev–Trinajstić information content (AvgIpc) is 2.75. The number of nitrogens with zero attached hydrogens (tertiary/aromatic N) is 1. The molecule has 0 amide bonds. The molecule has 3 aromatic rings. The SMILES string of the molecule is COC1(Br)C=CC=C2C1=C(c1cccc3ccccc13)c1ccccc1N2C. The van der Waals surface area contributed by atoms with Crippen molar-refractivity contribution in [3.05, 3.63) is 107 Å². The molecule has 0 spiro atoms. The Bertz CT molecular complexity index is 1180. The second kappa shape index (κ2) is 6.47. The first-order valence-corrected chi connectivity index (χ1v) is 10.1. The topological polar surface area (TPSA) is 12.5 Å². The van der Waals surface area contributed by atoms with Gasteiger partial charge in [0, 0.05) is 42.3 Å². The molecule has 1 aliphatic heterocycles. The van der Waals surface area contributed by atoms with E-state index in [2.05, 4.69) is 113 Å². The molecule has 0 saturated heterocycles. The Morgan fingerprint density at radius 3 is 2.46 bits per heavy atom. The van der Waals surface area contributed by atoms with Gasteiger partial charge in [0.15, 0.2) is 4.51 Å². The van der Waals surface area contributed by atoms with E-state index < -0.39 is 4.51 Å². The number of methoxy groups -OCH3 is 1. The molecule has 1 unspecified atom stereocenters. The van der Waals surface area contributed by atoms with Gasteiger partial charge in [0.25, 0.3) is 0 Å². The second-order valence-corrected chi connectivity index (χ2v) is 8.29. The number of anilines is 1. The summed E-state index contributed by atoms with van der Waals surface area (Å²) in [7, 11) is 3.86. The van der Waals surface area contributed by atoms with Crippen LogP contribution in [-0.2, 0) is 4.74 Å². The van der Waals surface area contributed by atoms with Gasteiger partial charge in [0.1, 0.15) is 0 Å². The predicted octanol–water partition coefficient (Wildman–Crippen LogP) is 6.28. The highest BCUT2D eigenvalue weighted by Gasteiger charge is 2.40. The normalized spacial score (nSPS) is 20.8. The van der Waals surface area contributed by atoms with E-state index in [0.717, 1.165) is 11.3 Å². The van der Waals surface area contributed by atoms with Crippen LogP contribution in [0.3, 0.4) is 0 Å². The third-order valence-electron chi connectivity index (χ3n) is 5.66. The van der Waals surface area contributed by atoms with E-state index >= 15 is 0 Å². The van der Waals surface area contributed by atoms with Crippen LogP contribution in [0.4, 0.5) is 5.69 Å². The number of likely N-dealkylation sites (N-methyl/N-ethyl adjacent to an activating group) is 1. The average molecular weight is 430 g/mol. The van der Waals surface area contributed by atoms with Crippen molar-refractivity contribution in [1.29, 1.82) is 0 Å². The van der Waals surface area contributed by atoms with Gasteiger partial charge in [-0.25, -0.2) is 0 Å². The van der Waals surface area contributed by atoms with Crippen molar-refractivity contribution < 1.29 is 4.74 Å². The minimum absolute atomic E-state index is 0.675. The Morgan fingerprint density at radius 2 is 1.61 bits per heavy atom.